The summed E-state index contributed by atoms with van der Waals surface area (Å²) in [6.07, 6.45) is 1.76. The number of halogens is 1. The Hall–Kier alpha value is -2.89. The Kier molecular flexibility index (Phi) is 5.85. The van der Waals surface area contributed by atoms with E-state index in [0.29, 0.717) is 17.7 Å². The van der Waals surface area contributed by atoms with E-state index in [1.54, 1.807) is 0 Å². The van der Waals surface area contributed by atoms with Gasteiger partial charge >= 0.3 is 0 Å². The van der Waals surface area contributed by atoms with E-state index in [1.165, 1.54) is 4.90 Å². The largest absolute Gasteiger partial charge is 0.368 e. The molecule has 0 atom stereocenters. The lowest BCUT2D eigenvalue weighted by molar-refractivity contribution is 0.0606. The number of amides is 2. The number of nitrogens with zero attached hydrogens (tertiary/aromatic N) is 3. The van der Waals surface area contributed by atoms with E-state index in [2.05, 4.69) is 15.9 Å². The number of carbonyl (C=O) groups is 2. The molecule has 0 radical (unpaired) electrons. The van der Waals surface area contributed by atoms with Crippen LogP contribution in [0.15, 0.2) is 60.7 Å². The van der Waals surface area contributed by atoms with Crippen molar-refractivity contribution >= 4 is 39.9 Å². The Morgan fingerprint density at radius 1 is 0.719 bits per heavy atom. The van der Waals surface area contributed by atoms with E-state index in [1.807, 2.05) is 54.6 Å². The molecular weight excluding hydrogens is 422 g/mol. The first kappa shape index (κ1) is 21.0. The minimum atomic E-state index is -0.173. The van der Waals surface area contributed by atoms with Gasteiger partial charge in [0.15, 0.2) is 0 Å². The normalized spacial score (nSPS) is 16.8. The maximum Gasteiger partial charge on any atom is 0.261 e. The Morgan fingerprint density at radius 2 is 1.34 bits per heavy atom. The zero-order valence-electron chi connectivity index (χ0n) is 18.0. The van der Waals surface area contributed by atoms with Crippen LogP contribution in [-0.4, -0.2) is 60.9 Å². The number of para-hydroxylation sites is 1. The third-order valence-corrected chi connectivity index (χ3v) is 6.85. The topological polar surface area (TPSA) is 43.9 Å². The van der Waals surface area contributed by atoms with Crippen LogP contribution in [-0.2, 0) is 0 Å². The van der Waals surface area contributed by atoms with Gasteiger partial charge in [0.25, 0.3) is 11.8 Å². The van der Waals surface area contributed by atoms with Crippen molar-refractivity contribution in [3.8, 4) is 0 Å². The van der Waals surface area contributed by atoms with E-state index in [0.717, 1.165) is 67.0 Å². The maximum absolute atomic E-state index is 13.0. The highest BCUT2D eigenvalue weighted by atomic mass is 35.5. The van der Waals surface area contributed by atoms with E-state index in [9.17, 15) is 9.59 Å². The molecule has 3 aromatic rings. The molecule has 1 saturated heterocycles. The zero-order chi connectivity index (χ0) is 22.1. The molecule has 0 unspecified atom stereocenters. The van der Waals surface area contributed by atoms with Gasteiger partial charge in [-0.05, 0) is 49.0 Å². The van der Waals surface area contributed by atoms with Gasteiger partial charge in [0, 0.05) is 49.2 Å². The molecule has 2 heterocycles. The van der Waals surface area contributed by atoms with Crippen molar-refractivity contribution in [2.75, 3.05) is 44.2 Å². The van der Waals surface area contributed by atoms with Crippen molar-refractivity contribution < 1.29 is 9.59 Å². The number of rotatable bonds is 6. The number of unbranched alkanes of at least 4 members (excludes halogenated alkanes) is 1. The van der Waals surface area contributed by atoms with Crippen molar-refractivity contribution in [2.24, 2.45) is 0 Å². The molecule has 6 heteroatoms. The molecule has 5 rings (SSSR count). The summed E-state index contributed by atoms with van der Waals surface area (Å²) in [6.45, 7) is 5.31. The number of hydrogen-bond acceptors (Lipinski definition) is 4. The average Bonchev–Trinajstić information content (AvgIpc) is 2.83. The average molecular weight is 448 g/mol. The van der Waals surface area contributed by atoms with E-state index in [-0.39, 0.29) is 11.8 Å². The van der Waals surface area contributed by atoms with Gasteiger partial charge in [-0.2, -0.15) is 0 Å². The summed E-state index contributed by atoms with van der Waals surface area (Å²) in [5, 5.41) is 2.53. The van der Waals surface area contributed by atoms with Crippen LogP contribution in [0.4, 0.5) is 5.69 Å². The van der Waals surface area contributed by atoms with Gasteiger partial charge in [0.2, 0.25) is 0 Å². The molecule has 0 bridgehead atoms. The molecule has 2 aliphatic heterocycles. The van der Waals surface area contributed by atoms with Gasteiger partial charge in [-0.25, -0.2) is 0 Å². The number of anilines is 1. The first-order valence-electron chi connectivity index (χ1n) is 11.2. The predicted octanol–water partition coefficient (Wildman–Crippen LogP) is 4.69. The highest BCUT2D eigenvalue weighted by molar-refractivity contribution is 6.33. The fraction of sp³-hybridized carbons (Fsp3) is 0.308. The molecular formula is C26H26ClN3O2. The van der Waals surface area contributed by atoms with Gasteiger partial charge in [-0.1, -0.05) is 48.0 Å². The second-order valence-electron chi connectivity index (χ2n) is 8.46. The minimum absolute atomic E-state index is 0.173. The van der Waals surface area contributed by atoms with Crippen LogP contribution in [0.1, 0.15) is 33.6 Å². The standard InChI is InChI=1S/C26H26ClN3O2/c27-22-11-1-2-12-23(22)29-17-15-28(16-18-29)13-3-4-14-30-25(31)20-9-5-7-19-8-6-10-21(24(19)20)26(30)32/h1-2,5-12H,3-4,13-18H2. The SMILES string of the molecule is O=C1c2cccc3cccc(c23)C(=O)N1CCCCN1CCN(c2ccccc2Cl)CC1. The second-order valence-corrected chi connectivity index (χ2v) is 8.87. The third-order valence-electron chi connectivity index (χ3n) is 6.53. The lowest BCUT2D eigenvalue weighted by atomic mass is 9.94. The molecule has 2 aliphatic rings. The third kappa shape index (κ3) is 3.87. The van der Waals surface area contributed by atoms with Crippen LogP contribution in [0.5, 0.6) is 0 Å². The number of imide groups is 1. The van der Waals surface area contributed by atoms with Gasteiger partial charge in [-0.15, -0.1) is 0 Å². The molecule has 0 aromatic heterocycles. The molecule has 164 valence electrons. The predicted molar refractivity (Wildman–Crippen MR) is 129 cm³/mol. The lowest BCUT2D eigenvalue weighted by Gasteiger charge is -2.36. The summed E-state index contributed by atoms with van der Waals surface area (Å²) >= 11 is 6.34. The molecule has 0 spiro atoms. The van der Waals surface area contributed by atoms with Crippen LogP contribution >= 0.6 is 11.6 Å². The molecule has 3 aromatic carbocycles. The second kappa shape index (κ2) is 8.93. The zero-order valence-corrected chi connectivity index (χ0v) is 18.7. The van der Waals surface area contributed by atoms with Crippen LogP contribution in [0, 0.1) is 0 Å². The number of piperazine rings is 1. The summed E-state index contributed by atoms with van der Waals surface area (Å²) in [6, 6.07) is 19.3. The summed E-state index contributed by atoms with van der Waals surface area (Å²) < 4.78 is 0. The summed E-state index contributed by atoms with van der Waals surface area (Å²) in [4.78, 5) is 32.2. The summed E-state index contributed by atoms with van der Waals surface area (Å²) in [5.41, 5.74) is 2.37. The summed E-state index contributed by atoms with van der Waals surface area (Å²) in [5.74, 6) is -0.347. The first-order chi connectivity index (χ1) is 15.6. The van der Waals surface area contributed by atoms with Gasteiger partial charge in [0.05, 0.1) is 10.7 Å². The molecule has 2 amide bonds. The van der Waals surface area contributed by atoms with Gasteiger partial charge < -0.3 is 4.90 Å². The Morgan fingerprint density at radius 3 is 2.00 bits per heavy atom. The van der Waals surface area contributed by atoms with Crippen LogP contribution in [0.3, 0.4) is 0 Å². The summed E-state index contributed by atoms with van der Waals surface area (Å²) in [7, 11) is 0. The smallest absolute Gasteiger partial charge is 0.261 e. The molecule has 0 saturated carbocycles. The Balaban J connectivity index is 1.14. The first-order valence-corrected chi connectivity index (χ1v) is 11.6. The fourth-order valence-corrected chi connectivity index (χ4v) is 5.06. The van der Waals surface area contributed by atoms with Crippen LogP contribution < -0.4 is 4.90 Å². The van der Waals surface area contributed by atoms with Crippen LogP contribution in [0.25, 0.3) is 10.8 Å². The highest BCUT2D eigenvalue weighted by Crippen LogP contribution is 2.30. The van der Waals surface area contributed by atoms with Crippen LogP contribution in [0.2, 0.25) is 5.02 Å². The fourth-order valence-electron chi connectivity index (χ4n) is 4.81. The van der Waals surface area contributed by atoms with Crippen molar-refractivity contribution in [1.29, 1.82) is 0 Å². The maximum atomic E-state index is 13.0. The number of carbonyl (C=O) groups excluding carboxylic acids is 2. The molecule has 0 N–H and O–H groups in total. The highest BCUT2D eigenvalue weighted by Gasteiger charge is 2.32. The quantitative estimate of drug-likeness (QED) is 0.406. The van der Waals surface area contributed by atoms with E-state index < -0.39 is 0 Å². The van der Waals surface area contributed by atoms with Gasteiger partial charge in [0.1, 0.15) is 0 Å². The lowest BCUT2D eigenvalue weighted by Crippen LogP contribution is -2.47. The minimum Gasteiger partial charge on any atom is -0.368 e. The Labute approximate surface area is 193 Å². The van der Waals surface area contributed by atoms with Gasteiger partial charge in [-0.3, -0.25) is 19.4 Å². The van der Waals surface area contributed by atoms with Crippen molar-refractivity contribution in [1.82, 2.24) is 9.80 Å². The number of benzene rings is 3. The van der Waals surface area contributed by atoms with Crippen molar-refractivity contribution in [3.63, 3.8) is 0 Å². The van der Waals surface area contributed by atoms with E-state index >= 15 is 0 Å². The van der Waals surface area contributed by atoms with Crippen molar-refractivity contribution in [3.05, 3.63) is 76.8 Å². The monoisotopic (exact) mass is 447 g/mol. The van der Waals surface area contributed by atoms with Crippen molar-refractivity contribution in [2.45, 2.75) is 12.8 Å². The Bertz CT molecular complexity index is 1120. The van der Waals surface area contributed by atoms with E-state index in [4.69, 9.17) is 11.6 Å². The molecule has 1 fully saturated rings. The molecule has 5 nitrogen and oxygen atoms in total. The number of hydrogen-bond donors (Lipinski definition) is 0. The molecule has 0 aliphatic carbocycles. The molecule has 32 heavy (non-hydrogen) atoms.